The molecule has 9 nitrogen and oxygen atoms in total. The molecule has 1 aromatic rings. The first kappa shape index (κ1) is 23.7. The molecule has 5 atom stereocenters. The standard InChI is InChI=1S/C20H25NO8S/c1-11(22)21-17-19(28-14(4)25)18(27-13(3)24)16(10-26-12(2)23)29-20(17)30-15-8-6-5-7-9-15/h5-9,16-20H,10H2,1-4H3,(H,21,22)/t16-,17+,18-,19+,20+/m1/s1. The van der Waals surface area contributed by atoms with Crippen LogP contribution in [0, 0.1) is 0 Å². The van der Waals surface area contributed by atoms with E-state index in [-0.39, 0.29) is 12.5 Å². The van der Waals surface area contributed by atoms with E-state index in [1.54, 1.807) is 0 Å². The summed E-state index contributed by atoms with van der Waals surface area (Å²) in [6.45, 7) is 4.76. The van der Waals surface area contributed by atoms with E-state index in [9.17, 15) is 19.2 Å². The minimum Gasteiger partial charge on any atom is -0.463 e. The highest BCUT2D eigenvalue weighted by Gasteiger charge is 2.51. The lowest BCUT2D eigenvalue weighted by Crippen LogP contribution is -2.65. The van der Waals surface area contributed by atoms with Gasteiger partial charge in [0.15, 0.2) is 12.2 Å². The summed E-state index contributed by atoms with van der Waals surface area (Å²) in [4.78, 5) is 47.6. The van der Waals surface area contributed by atoms with Crippen LogP contribution < -0.4 is 5.32 Å². The third-order valence-electron chi connectivity index (χ3n) is 4.07. The SMILES string of the molecule is CC(=O)N[C@H]1[C@H](OC(C)=O)[C@H](OC(C)=O)[C@@H](COC(C)=O)O[C@H]1Sc1ccccc1. The molecule has 0 saturated carbocycles. The number of ether oxygens (including phenoxy) is 4. The van der Waals surface area contributed by atoms with Crippen LogP contribution in [0.15, 0.2) is 35.2 Å². The van der Waals surface area contributed by atoms with Gasteiger partial charge in [-0.1, -0.05) is 30.0 Å². The van der Waals surface area contributed by atoms with E-state index in [4.69, 9.17) is 18.9 Å². The first-order chi connectivity index (χ1) is 14.2. The maximum atomic E-state index is 11.9. The summed E-state index contributed by atoms with van der Waals surface area (Å²) in [5.74, 6) is -2.17. The molecule has 164 valence electrons. The Hall–Kier alpha value is -2.59. The Morgan fingerprint density at radius 1 is 0.933 bits per heavy atom. The van der Waals surface area contributed by atoms with Crippen molar-refractivity contribution in [3.63, 3.8) is 0 Å². The maximum Gasteiger partial charge on any atom is 0.303 e. The van der Waals surface area contributed by atoms with Gasteiger partial charge < -0.3 is 24.3 Å². The van der Waals surface area contributed by atoms with E-state index < -0.39 is 47.7 Å². The van der Waals surface area contributed by atoms with Crippen molar-refractivity contribution in [3.8, 4) is 0 Å². The third-order valence-corrected chi connectivity index (χ3v) is 5.25. The summed E-state index contributed by atoms with van der Waals surface area (Å²) in [5.41, 5.74) is -0.715. The third kappa shape index (κ3) is 7.03. The summed E-state index contributed by atoms with van der Waals surface area (Å²) < 4.78 is 22.0. The second kappa shape index (κ2) is 11.0. The predicted molar refractivity (Wildman–Crippen MR) is 106 cm³/mol. The van der Waals surface area contributed by atoms with Gasteiger partial charge in [-0.15, -0.1) is 0 Å². The Labute approximate surface area is 178 Å². The number of esters is 3. The van der Waals surface area contributed by atoms with Crippen LogP contribution in [0.25, 0.3) is 0 Å². The van der Waals surface area contributed by atoms with Gasteiger partial charge in [0.1, 0.15) is 24.2 Å². The van der Waals surface area contributed by atoms with Gasteiger partial charge in [0.05, 0.1) is 0 Å². The molecule has 1 N–H and O–H groups in total. The zero-order valence-electron chi connectivity index (χ0n) is 17.2. The van der Waals surface area contributed by atoms with Gasteiger partial charge in [0, 0.05) is 32.6 Å². The predicted octanol–water partition coefficient (Wildman–Crippen LogP) is 1.43. The fourth-order valence-corrected chi connectivity index (χ4v) is 4.17. The van der Waals surface area contributed by atoms with Crippen molar-refractivity contribution in [2.45, 2.75) is 62.4 Å². The van der Waals surface area contributed by atoms with E-state index in [1.165, 1.54) is 39.5 Å². The molecular formula is C20H25NO8S. The molecule has 2 rings (SSSR count). The molecule has 0 aliphatic carbocycles. The van der Waals surface area contributed by atoms with Crippen LogP contribution in [0.2, 0.25) is 0 Å². The van der Waals surface area contributed by atoms with Gasteiger partial charge in [-0.2, -0.15) is 0 Å². The largest absolute Gasteiger partial charge is 0.463 e. The summed E-state index contributed by atoms with van der Waals surface area (Å²) in [6, 6.07) is 8.45. The van der Waals surface area contributed by atoms with Gasteiger partial charge >= 0.3 is 17.9 Å². The fraction of sp³-hybridized carbons (Fsp3) is 0.500. The molecule has 1 fully saturated rings. The van der Waals surface area contributed by atoms with E-state index in [2.05, 4.69) is 5.32 Å². The molecule has 1 aromatic carbocycles. The molecule has 30 heavy (non-hydrogen) atoms. The zero-order chi connectivity index (χ0) is 22.3. The molecule has 1 saturated heterocycles. The van der Waals surface area contributed by atoms with Crippen molar-refractivity contribution in [1.29, 1.82) is 0 Å². The monoisotopic (exact) mass is 439 g/mol. The molecule has 1 amide bonds. The van der Waals surface area contributed by atoms with E-state index in [0.29, 0.717) is 0 Å². The molecule has 0 bridgehead atoms. The highest BCUT2D eigenvalue weighted by Crippen LogP contribution is 2.36. The number of carbonyl (C=O) groups is 4. The summed E-state index contributed by atoms with van der Waals surface area (Å²) in [6.07, 6.45) is -3.05. The summed E-state index contributed by atoms with van der Waals surface area (Å²) >= 11 is 1.30. The molecule has 1 aliphatic rings. The topological polar surface area (TPSA) is 117 Å². The summed E-state index contributed by atoms with van der Waals surface area (Å²) in [7, 11) is 0. The van der Waals surface area contributed by atoms with Crippen LogP contribution in [-0.4, -0.2) is 60.2 Å². The minimum atomic E-state index is -1.09. The first-order valence-electron chi connectivity index (χ1n) is 9.29. The quantitative estimate of drug-likeness (QED) is 0.497. The van der Waals surface area contributed by atoms with Crippen molar-refractivity contribution in [2.75, 3.05) is 6.61 Å². The Kier molecular flexibility index (Phi) is 8.67. The Morgan fingerprint density at radius 3 is 2.07 bits per heavy atom. The van der Waals surface area contributed by atoms with Crippen LogP contribution in [0.1, 0.15) is 27.7 Å². The van der Waals surface area contributed by atoms with E-state index in [0.717, 1.165) is 4.90 Å². The lowest BCUT2D eigenvalue weighted by atomic mass is 9.97. The van der Waals surface area contributed by atoms with E-state index >= 15 is 0 Å². The van der Waals surface area contributed by atoms with Gasteiger partial charge in [0.25, 0.3) is 0 Å². The lowest BCUT2D eigenvalue weighted by Gasteiger charge is -2.45. The maximum absolute atomic E-state index is 11.9. The molecule has 0 unspecified atom stereocenters. The molecule has 0 spiro atoms. The van der Waals surface area contributed by atoms with Crippen molar-refractivity contribution < 1.29 is 38.1 Å². The number of thioether (sulfide) groups is 1. The number of rotatable bonds is 7. The van der Waals surface area contributed by atoms with Crippen LogP contribution in [0.5, 0.6) is 0 Å². The number of hydrogen-bond acceptors (Lipinski definition) is 9. The second-order valence-electron chi connectivity index (χ2n) is 6.65. The van der Waals surface area contributed by atoms with Crippen LogP contribution in [0.4, 0.5) is 0 Å². The normalized spacial score (nSPS) is 25.7. The molecular weight excluding hydrogens is 414 g/mol. The van der Waals surface area contributed by atoms with Gasteiger partial charge in [-0.25, -0.2) is 0 Å². The van der Waals surface area contributed by atoms with E-state index in [1.807, 2.05) is 30.3 Å². The van der Waals surface area contributed by atoms with Gasteiger partial charge in [-0.3, -0.25) is 19.2 Å². The Morgan fingerprint density at radius 2 is 1.53 bits per heavy atom. The average Bonchev–Trinajstić information content (AvgIpc) is 2.64. The van der Waals surface area contributed by atoms with Crippen molar-refractivity contribution in [2.24, 2.45) is 0 Å². The van der Waals surface area contributed by atoms with Gasteiger partial charge in [-0.05, 0) is 12.1 Å². The number of hydrogen-bond donors (Lipinski definition) is 1. The van der Waals surface area contributed by atoms with Crippen LogP contribution in [-0.2, 0) is 38.1 Å². The highest BCUT2D eigenvalue weighted by molar-refractivity contribution is 7.99. The average molecular weight is 439 g/mol. The molecule has 10 heteroatoms. The van der Waals surface area contributed by atoms with Crippen molar-refractivity contribution >= 4 is 35.6 Å². The number of benzene rings is 1. The smallest absolute Gasteiger partial charge is 0.303 e. The molecule has 0 radical (unpaired) electrons. The fourth-order valence-electron chi connectivity index (χ4n) is 3.02. The molecule has 1 heterocycles. The van der Waals surface area contributed by atoms with Gasteiger partial charge in [0.2, 0.25) is 5.91 Å². The van der Waals surface area contributed by atoms with Crippen molar-refractivity contribution in [3.05, 3.63) is 30.3 Å². The molecule has 1 aliphatic heterocycles. The summed E-state index contributed by atoms with van der Waals surface area (Å²) in [5, 5.41) is 2.74. The van der Waals surface area contributed by atoms with Crippen LogP contribution in [0.3, 0.4) is 0 Å². The number of carbonyl (C=O) groups excluding carboxylic acids is 4. The Balaban J connectivity index is 2.42. The zero-order valence-corrected chi connectivity index (χ0v) is 18.0. The first-order valence-corrected chi connectivity index (χ1v) is 10.2. The van der Waals surface area contributed by atoms with Crippen LogP contribution >= 0.6 is 11.8 Å². The highest BCUT2D eigenvalue weighted by atomic mass is 32.2. The molecule has 0 aromatic heterocycles. The number of nitrogens with one attached hydrogen (secondary N) is 1. The minimum absolute atomic E-state index is 0.219. The lowest BCUT2D eigenvalue weighted by molar-refractivity contribution is -0.211. The van der Waals surface area contributed by atoms with Crippen molar-refractivity contribution in [1.82, 2.24) is 5.32 Å². The second-order valence-corrected chi connectivity index (χ2v) is 7.82. The Bertz CT molecular complexity index is 771. The number of amides is 1.